The molecule has 3 aromatic rings. The van der Waals surface area contributed by atoms with Crippen LogP contribution in [0.5, 0.6) is 0 Å². The van der Waals surface area contributed by atoms with Crippen LogP contribution in [-0.2, 0) is 4.79 Å². The maximum absolute atomic E-state index is 12.1. The van der Waals surface area contributed by atoms with Gasteiger partial charge in [0.1, 0.15) is 12.1 Å². The molecule has 0 saturated heterocycles. The van der Waals surface area contributed by atoms with Gasteiger partial charge in [0.05, 0.1) is 5.52 Å². The molecule has 0 saturated carbocycles. The van der Waals surface area contributed by atoms with E-state index in [1.54, 1.807) is 6.33 Å². The minimum atomic E-state index is 0.0306. The molecule has 0 fully saturated rings. The van der Waals surface area contributed by atoms with Gasteiger partial charge in [-0.05, 0) is 49.6 Å². The highest BCUT2D eigenvalue weighted by Gasteiger charge is 2.06. The fraction of sp³-hybridized carbons (Fsp3) is 0.250. The van der Waals surface area contributed by atoms with Gasteiger partial charge in [-0.1, -0.05) is 24.3 Å². The van der Waals surface area contributed by atoms with E-state index in [0.717, 1.165) is 40.0 Å². The zero-order chi connectivity index (χ0) is 17.6. The average Bonchev–Trinajstić information content (AvgIpc) is 2.62. The molecule has 2 aromatic carbocycles. The predicted octanol–water partition coefficient (Wildman–Crippen LogP) is 4.08. The largest absolute Gasteiger partial charge is 0.369 e. The number of anilines is 2. The van der Waals surface area contributed by atoms with Crippen LogP contribution in [0.15, 0.2) is 48.8 Å². The quantitative estimate of drug-likeness (QED) is 0.667. The van der Waals surface area contributed by atoms with E-state index in [1.807, 2.05) is 56.3 Å². The van der Waals surface area contributed by atoms with E-state index in [-0.39, 0.29) is 5.91 Å². The zero-order valence-electron chi connectivity index (χ0n) is 14.5. The third kappa shape index (κ3) is 4.32. The number of hydrogen-bond donors (Lipinski definition) is 2. The van der Waals surface area contributed by atoms with Gasteiger partial charge < -0.3 is 10.6 Å². The molecule has 5 heteroatoms. The molecule has 5 nitrogen and oxygen atoms in total. The normalized spacial score (nSPS) is 10.6. The molecule has 0 atom stereocenters. The molecule has 1 aromatic heterocycles. The summed E-state index contributed by atoms with van der Waals surface area (Å²) < 4.78 is 0. The maximum atomic E-state index is 12.1. The number of carbonyl (C=O) groups excluding carboxylic acids is 1. The predicted molar refractivity (Wildman–Crippen MR) is 102 cm³/mol. The van der Waals surface area contributed by atoms with Crippen LogP contribution in [0.4, 0.5) is 11.5 Å². The van der Waals surface area contributed by atoms with Crippen molar-refractivity contribution in [3.63, 3.8) is 0 Å². The van der Waals surface area contributed by atoms with E-state index in [0.29, 0.717) is 13.0 Å². The van der Waals surface area contributed by atoms with Gasteiger partial charge in [-0.15, -0.1) is 0 Å². The molecule has 0 aliphatic rings. The van der Waals surface area contributed by atoms with Crippen LogP contribution in [0, 0.1) is 13.8 Å². The van der Waals surface area contributed by atoms with E-state index in [4.69, 9.17) is 0 Å². The topological polar surface area (TPSA) is 66.9 Å². The standard InChI is InChI=1S/C20H22N4O/c1-14-9-10-15(2)18(12-14)24-19(25)8-5-11-21-20-16-6-3-4-7-17(16)22-13-23-20/h3-4,6-7,9-10,12-13H,5,8,11H2,1-2H3,(H,24,25)(H,21,22,23). The number of nitrogens with one attached hydrogen (secondary N) is 2. The van der Waals surface area contributed by atoms with Crippen LogP contribution in [0.2, 0.25) is 0 Å². The Morgan fingerprint density at radius 3 is 2.80 bits per heavy atom. The first-order valence-electron chi connectivity index (χ1n) is 8.44. The summed E-state index contributed by atoms with van der Waals surface area (Å²) in [6.45, 7) is 4.70. The number of nitrogens with zero attached hydrogens (tertiary/aromatic N) is 2. The third-order valence-corrected chi connectivity index (χ3v) is 4.08. The van der Waals surface area contributed by atoms with Crippen LogP contribution in [0.3, 0.4) is 0 Å². The third-order valence-electron chi connectivity index (χ3n) is 4.08. The lowest BCUT2D eigenvalue weighted by Crippen LogP contribution is -2.14. The maximum Gasteiger partial charge on any atom is 0.224 e. The minimum absolute atomic E-state index is 0.0306. The summed E-state index contributed by atoms with van der Waals surface area (Å²) in [5.74, 6) is 0.837. The first kappa shape index (κ1) is 16.9. The number of carbonyl (C=O) groups is 1. The molecule has 2 N–H and O–H groups in total. The van der Waals surface area contributed by atoms with Crippen molar-refractivity contribution in [1.82, 2.24) is 9.97 Å². The van der Waals surface area contributed by atoms with E-state index >= 15 is 0 Å². The SMILES string of the molecule is Cc1ccc(C)c(NC(=O)CCCNc2ncnc3ccccc23)c1. The molecule has 3 rings (SSSR count). The summed E-state index contributed by atoms with van der Waals surface area (Å²) in [6, 6.07) is 13.9. The highest BCUT2D eigenvalue weighted by molar-refractivity contribution is 5.91. The molecule has 0 aliphatic carbocycles. The van der Waals surface area contributed by atoms with Crippen LogP contribution in [0.25, 0.3) is 10.9 Å². The molecule has 25 heavy (non-hydrogen) atoms. The van der Waals surface area contributed by atoms with Crippen LogP contribution >= 0.6 is 0 Å². The van der Waals surface area contributed by atoms with Crippen LogP contribution in [0.1, 0.15) is 24.0 Å². The number of amides is 1. The number of para-hydroxylation sites is 1. The lowest BCUT2D eigenvalue weighted by Gasteiger charge is -2.10. The van der Waals surface area contributed by atoms with Crippen molar-refractivity contribution in [2.45, 2.75) is 26.7 Å². The van der Waals surface area contributed by atoms with E-state index in [1.165, 1.54) is 0 Å². The second-order valence-electron chi connectivity index (χ2n) is 6.14. The number of fused-ring (bicyclic) bond motifs is 1. The summed E-state index contributed by atoms with van der Waals surface area (Å²) in [5, 5.41) is 7.27. The molecule has 1 heterocycles. The van der Waals surface area contributed by atoms with Crippen molar-refractivity contribution in [2.24, 2.45) is 0 Å². The van der Waals surface area contributed by atoms with Crippen molar-refractivity contribution in [2.75, 3.05) is 17.2 Å². The molecular formula is C20H22N4O. The average molecular weight is 334 g/mol. The second-order valence-corrected chi connectivity index (χ2v) is 6.14. The molecule has 0 spiro atoms. The highest BCUT2D eigenvalue weighted by atomic mass is 16.1. The number of aromatic nitrogens is 2. The Morgan fingerprint density at radius 2 is 1.92 bits per heavy atom. The Balaban J connectivity index is 1.51. The summed E-state index contributed by atoms with van der Waals surface area (Å²) in [5.41, 5.74) is 4.01. The van der Waals surface area contributed by atoms with Crippen molar-refractivity contribution >= 4 is 28.3 Å². The van der Waals surface area contributed by atoms with E-state index in [2.05, 4.69) is 20.6 Å². The van der Waals surface area contributed by atoms with Crippen molar-refractivity contribution in [3.05, 3.63) is 59.9 Å². The molecule has 0 aliphatic heterocycles. The molecule has 1 amide bonds. The Morgan fingerprint density at radius 1 is 1.08 bits per heavy atom. The van der Waals surface area contributed by atoms with E-state index < -0.39 is 0 Å². The van der Waals surface area contributed by atoms with Gasteiger partial charge in [-0.2, -0.15) is 0 Å². The molecular weight excluding hydrogens is 312 g/mol. The van der Waals surface area contributed by atoms with Crippen molar-refractivity contribution in [1.29, 1.82) is 0 Å². The Hall–Kier alpha value is -2.95. The minimum Gasteiger partial charge on any atom is -0.369 e. The Bertz CT molecular complexity index is 887. The fourth-order valence-corrected chi connectivity index (χ4v) is 2.68. The molecule has 0 unspecified atom stereocenters. The Labute approximate surface area is 147 Å². The first-order chi connectivity index (χ1) is 12.1. The van der Waals surface area contributed by atoms with E-state index in [9.17, 15) is 4.79 Å². The number of aryl methyl sites for hydroxylation is 2. The van der Waals surface area contributed by atoms with Gasteiger partial charge in [0.25, 0.3) is 0 Å². The molecule has 0 radical (unpaired) electrons. The summed E-state index contributed by atoms with van der Waals surface area (Å²) in [4.78, 5) is 20.7. The lowest BCUT2D eigenvalue weighted by molar-refractivity contribution is -0.116. The number of rotatable bonds is 6. The number of benzene rings is 2. The van der Waals surface area contributed by atoms with Crippen molar-refractivity contribution < 1.29 is 4.79 Å². The smallest absolute Gasteiger partial charge is 0.224 e. The van der Waals surface area contributed by atoms with Crippen LogP contribution in [-0.4, -0.2) is 22.4 Å². The van der Waals surface area contributed by atoms with Gasteiger partial charge in [0.15, 0.2) is 0 Å². The Kier molecular flexibility index (Phi) is 5.23. The van der Waals surface area contributed by atoms with Gasteiger partial charge >= 0.3 is 0 Å². The monoisotopic (exact) mass is 334 g/mol. The number of hydrogen-bond acceptors (Lipinski definition) is 4. The molecule has 0 bridgehead atoms. The fourth-order valence-electron chi connectivity index (χ4n) is 2.68. The first-order valence-corrected chi connectivity index (χ1v) is 8.44. The van der Waals surface area contributed by atoms with Crippen molar-refractivity contribution in [3.8, 4) is 0 Å². The van der Waals surface area contributed by atoms with Gasteiger partial charge in [-0.25, -0.2) is 9.97 Å². The summed E-state index contributed by atoms with van der Waals surface area (Å²) >= 11 is 0. The second kappa shape index (κ2) is 7.75. The summed E-state index contributed by atoms with van der Waals surface area (Å²) in [7, 11) is 0. The van der Waals surface area contributed by atoms with Gasteiger partial charge in [0, 0.05) is 24.0 Å². The summed E-state index contributed by atoms with van der Waals surface area (Å²) in [6.07, 6.45) is 2.75. The van der Waals surface area contributed by atoms with Gasteiger partial charge in [-0.3, -0.25) is 4.79 Å². The lowest BCUT2D eigenvalue weighted by atomic mass is 10.1. The molecule has 128 valence electrons. The zero-order valence-corrected chi connectivity index (χ0v) is 14.5. The highest BCUT2D eigenvalue weighted by Crippen LogP contribution is 2.19. The van der Waals surface area contributed by atoms with Gasteiger partial charge in [0.2, 0.25) is 5.91 Å². The van der Waals surface area contributed by atoms with Crippen LogP contribution < -0.4 is 10.6 Å².